The molecule has 3 aromatic rings. The third-order valence-electron chi connectivity index (χ3n) is 6.26. The predicted octanol–water partition coefficient (Wildman–Crippen LogP) is 7.81. The first-order valence-corrected chi connectivity index (χ1v) is 13.9. The first kappa shape index (κ1) is 26.6. The van der Waals surface area contributed by atoms with Gasteiger partial charge >= 0.3 is 5.97 Å². The third-order valence-corrected chi connectivity index (χ3v) is 7.97. The molecule has 0 radical (unpaired) electrons. The largest absolute Gasteiger partial charge is 0.466 e. The van der Waals surface area contributed by atoms with Gasteiger partial charge in [-0.1, -0.05) is 88.2 Å². The monoisotopic (exact) mass is 523 g/mol. The molecule has 1 aliphatic rings. The van der Waals surface area contributed by atoms with Crippen molar-refractivity contribution in [3.63, 3.8) is 0 Å². The molecule has 1 heterocycles. The van der Waals surface area contributed by atoms with Gasteiger partial charge in [-0.3, -0.25) is 9.59 Å². The van der Waals surface area contributed by atoms with Crippen LogP contribution < -0.4 is 4.90 Å². The summed E-state index contributed by atoms with van der Waals surface area (Å²) in [7, 11) is 0. The molecule has 0 saturated heterocycles. The number of hydrogen-bond donors (Lipinski definition) is 0. The second-order valence-electron chi connectivity index (χ2n) is 10.5. The number of fused-ring (bicyclic) bond motifs is 2. The van der Waals surface area contributed by atoms with E-state index in [-0.39, 0.29) is 29.0 Å². The minimum atomic E-state index is -0.573. The minimum Gasteiger partial charge on any atom is -0.466 e. The van der Waals surface area contributed by atoms with Crippen molar-refractivity contribution in [1.82, 2.24) is 0 Å². The topological polar surface area (TPSA) is 46.6 Å². The van der Waals surface area contributed by atoms with Gasteiger partial charge in [0.15, 0.2) is 0 Å². The molecule has 0 aliphatic carbocycles. The van der Waals surface area contributed by atoms with E-state index in [2.05, 4.69) is 58.0 Å². The fourth-order valence-corrected chi connectivity index (χ4v) is 6.28. The summed E-state index contributed by atoms with van der Waals surface area (Å²) < 4.78 is 5.47. The molecule has 3 aromatic carbocycles. The Hall–Kier alpha value is -2.50. The van der Waals surface area contributed by atoms with Gasteiger partial charge in [-0.15, -0.1) is 11.8 Å². The van der Waals surface area contributed by atoms with Crippen molar-refractivity contribution in [3.8, 4) is 0 Å². The molecular formula is C30H34ClNO3S. The Balaban J connectivity index is 1.84. The lowest BCUT2D eigenvalue weighted by molar-refractivity contribution is -0.144. The molecule has 0 N–H and O–H groups in total. The number of thioether (sulfide) groups is 1. The summed E-state index contributed by atoms with van der Waals surface area (Å²) in [6.45, 7) is 9.32. The highest BCUT2D eigenvalue weighted by molar-refractivity contribution is 8.01. The normalized spacial score (nSPS) is 18.1. The van der Waals surface area contributed by atoms with Gasteiger partial charge in [0.1, 0.15) is 0 Å². The van der Waals surface area contributed by atoms with E-state index in [0.29, 0.717) is 18.2 Å². The number of unbranched alkanes of at least 4 members (excludes halogenated alkanes) is 1. The second-order valence-corrected chi connectivity index (χ2v) is 12.3. The van der Waals surface area contributed by atoms with Gasteiger partial charge in [0.2, 0.25) is 5.91 Å². The number of benzene rings is 3. The van der Waals surface area contributed by atoms with E-state index in [4.69, 9.17) is 16.3 Å². The molecule has 6 heteroatoms. The van der Waals surface area contributed by atoms with Crippen LogP contribution in [0.3, 0.4) is 0 Å². The number of hydrogen-bond acceptors (Lipinski definition) is 4. The molecule has 1 amide bonds. The molecule has 2 atom stereocenters. The van der Waals surface area contributed by atoms with Gasteiger partial charge in [0.25, 0.3) is 0 Å². The minimum absolute atomic E-state index is 0.0385. The van der Waals surface area contributed by atoms with Crippen LogP contribution >= 0.6 is 23.4 Å². The Morgan fingerprint density at radius 3 is 2.56 bits per heavy atom. The standard InChI is InChI=1S/C30H34ClNO3S/c1-5-6-16-35-27(33)18-26-29(34)32(19-30(2,3)4)25-15-14-21(31)17-24(25)28(36-26)23-13-9-11-20-10-7-8-12-22(20)23/h7-15,17,26,28H,5-6,16,18-19H2,1-4H3/t26-,28-/m0/s1. The molecule has 190 valence electrons. The molecule has 4 nitrogen and oxygen atoms in total. The van der Waals surface area contributed by atoms with Crippen LogP contribution in [0.4, 0.5) is 5.69 Å². The molecule has 0 bridgehead atoms. The van der Waals surface area contributed by atoms with E-state index in [1.54, 1.807) is 0 Å². The van der Waals surface area contributed by atoms with Gasteiger partial charge < -0.3 is 9.64 Å². The summed E-state index contributed by atoms with van der Waals surface area (Å²) in [6.07, 6.45) is 1.80. The van der Waals surface area contributed by atoms with E-state index >= 15 is 0 Å². The number of rotatable bonds is 7. The SMILES string of the molecule is CCCCOC(=O)C[C@@H]1S[C@@H](c2cccc3ccccc23)c2cc(Cl)ccc2N(CC(C)(C)C)C1=O. The number of halogens is 1. The molecule has 0 aromatic heterocycles. The summed E-state index contributed by atoms with van der Waals surface area (Å²) in [5.41, 5.74) is 2.81. The van der Waals surface area contributed by atoms with Crippen molar-refractivity contribution in [1.29, 1.82) is 0 Å². The number of carbonyl (C=O) groups excluding carboxylic acids is 2. The lowest BCUT2D eigenvalue weighted by Gasteiger charge is -2.31. The molecular weight excluding hydrogens is 490 g/mol. The number of ether oxygens (including phenoxy) is 1. The molecule has 0 fully saturated rings. The smallest absolute Gasteiger partial charge is 0.307 e. The molecule has 0 saturated carbocycles. The summed E-state index contributed by atoms with van der Waals surface area (Å²) in [6, 6.07) is 20.3. The average Bonchev–Trinajstić information content (AvgIpc) is 2.93. The van der Waals surface area contributed by atoms with Crippen LogP contribution in [-0.2, 0) is 14.3 Å². The van der Waals surface area contributed by atoms with Crippen LogP contribution in [0, 0.1) is 5.41 Å². The highest BCUT2D eigenvalue weighted by Crippen LogP contribution is 2.49. The third kappa shape index (κ3) is 6.07. The zero-order valence-corrected chi connectivity index (χ0v) is 23.0. The number of nitrogens with zero attached hydrogens (tertiary/aromatic N) is 1. The van der Waals surface area contributed by atoms with Crippen molar-refractivity contribution in [2.24, 2.45) is 5.41 Å². The number of carbonyl (C=O) groups is 2. The van der Waals surface area contributed by atoms with Crippen LogP contribution in [0.1, 0.15) is 63.3 Å². The number of esters is 1. The van der Waals surface area contributed by atoms with Crippen LogP contribution in [0.15, 0.2) is 60.7 Å². The Morgan fingerprint density at radius 1 is 1.06 bits per heavy atom. The highest BCUT2D eigenvalue weighted by Gasteiger charge is 2.39. The molecule has 36 heavy (non-hydrogen) atoms. The Bertz CT molecular complexity index is 1250. The zero-order valence-electron chi connectivity index (χ0n) is 21.4. The first-order valence-electron chi connectivity index (χ1n) is 12.6. The maximum absolute atomic E-state index is 14.0. The fraction of sp³-hybridized carbons (Fsp3) is 0.400. The van der Waals surface area contributed by atoms with Crippen LogP contribution in [-0.4, -0.2) is 30.3 Å². The summed E-state index contributed by atoms with van der Waals surface area (Å²) in [4.78, 5) is 28.7. The second kappa shape index (κ2) is 11.3. The highest BCUT2D eigenvalue weighted by atomic mass is 35.5. The van der Waals surface area contributed by atoms with Crippen molar-refractivity contribution < 1.29 is 14.3 Å². The van der Waals surface area contributed by atoms with E-state index in [1.165, 1.54) is 11.8 Å². The lowest BCUT2D eigenvalue weighted by atomic mass is 9.93. The average molecular weight is 524 g/mol. The molecule has 1 aliphatic heterocycles. The molecule has 0 unspecified atom stereocenters. The van der Waals surface area contributed by atoms with Crippen molar-refractivity contribution in [2.45, 2.75) is 57.5 Å². The van der Waals surface area contributed by atoms with Crippen LogP contribution in [0.5, 0.6) is 0 Å². The Kier molecular flexibility index (Phi) is 8.31. The number of amides is 1. The Labute approximate surface area is 223 Å². The van der Waals surface area contributed by atoms with E-state index in [9.17, 15) is 9.59 Å². The van der Waals surface area contributed by atoms with Gasteiger partial charge in [-0.05, 0) is 51.9 Å². The summed E-state index contributed by atoms with van der Waals surface area (Å²) in [5, 5.41) is 2.14. The van der Waals surface area contributed by atoms with Gasteiger partial charge in [0.05, 0.1) is 23.5 Å². The van der Waals surface area contributed by atoms with Crippen LogP contribution in [0.2, 0.25) is 5.02 Å². The van der Waals surface area contributed by atoms with E-state index in [0.717, 1.165) is 40.4 Å². The fourth-order valence-electron chi connectivity index (χ4n) is 4.60. The van der Waals surface area contributed by atoms with Gasteiger partial charge in [-0.25, -0.2) is 0 Å². The van der Waals surface area contributed by atoms with Gasteiger partial charge in [-0.2, -0.15) is 0 Å². The van der Waals surface area contributed by atoms with Crippen molar-refractivity contribution >= 4 is 51.7 Å². The maximum Gasteiger partial charge on any atom is 0.307 e. The van der Waals surface area contributed by atoms with Crippen molar-refractivity contribution in [2.75, 3.05) is 18.1 Å². The lowest BCUT2D eigenvalue weighted by Crippen LogP contribution is -2.42. The predicted molar refractivity (Wildman–Crippen MR) is 151 cm³/mol. The summed E-state index contributed by atoms with van der Waals surface area (Å²) in [5.74, 6) is -0.389. The van der Waals surface area contributed by atoms with E-state index < -0.39 is 5.25 Å². The number of anilines is 1. The van der Waals surface area contributed by atoms with Gasteiger partial charge in [0, 0.05) is 17.3 Å². The molecule has 4 rings (SSSR count). The zero-order chi connectivity index (χ0) is 25.9. The van der Waals surface area contributed by atoms with Crippen LogP contribution in [0.25, 0.3) is 10.8 Å². The van der Waals surface area contributed by atoms with E-state index in [1.807, 2.05) is 35.2 Å². The first-order chi connectivity index (χ1) is 17.2. The summed E-state index contributed by atoms with van der Waals surface area (Å²) >= 11 is 8.05. The van der Waals surface area contributed by atoms with Crippen molar-refractivity contribution in [3.05, 3.63) is 76.8 Å². The quantitative estimate of drug-likeness (QED) is 0.234. The molecule has 0 spiro atoms. The maximum atomic E-state index is 14.0. The Morgan fingerprint density at radius 2 is 1.81 bits per heavy atom.